The molecule has 0 bridgehead atoms. The summed E-state index contributed by atoms with van der Waals surface area (Å²) < 4.78 is 47.7. The van der Waals surface area contributed by atoms with Crippen molar-refractivity contribution in [3.05, 3.63) is 303 Å². The first-order valence-electron chi connectivity index (χ1n) is 29.3. The molecular weight excluding hydrogens is 941 g/mol. The molecule has 0 fully saturated rings. The van der Waals surface area contributed by atoms with Crippen molar-refractivity contribution >= 4 is 111 Å². The van der Waals surface area contributed by atoms with Gasteiger partial charge < -0.3 is 9.80 Å². The normalized spacial score (nSPS) is 12.4. The van der Waals surface area contributed by atoms with E-state index in [1.165, 1.54) is 64.6 Å². The molecule has 0 saturated carbocycles. The maximum atomic E-state index is 8.32. The molecule has 0 radical (unpaired) electrons. The molecule has 14 aromatic carbocycles. The summed E-state index contributed by atoms with van der Waals surface area (Å²) >= 11 is 0. The van der Waals surface area contributed by atoms with Crippen molar-refractivity contribution in [3.63, 3.8) is 0 Å². The van der Waals surface area contributed by atoms with Gasteiger partial charge in [-0.3, -0.25) is 0 Å². The Bertz CT molecular complexity index is 4560. The fourth-order valence-corrected chi connectivity index (χ4v) is 11.7. The Morgan fingerprint density at radius 1 is 0.231 bits per heavy atom. The maximum Gasteiger partial charge on any atom is 0.0623 e. The molecule has 0 unspecified atom stereocenters. The zero-order valence-electron chi connectivity index (χ0n) is 48.5. The van der Waals surface area contributed by atoms with Gasteiger partial charge in [0.05, 0.1) is 8.22 Å². The van der Waals surface area contributed by atoms with E-state index in [1.807, 2.05) is 36.4 Å². The second-order valence-corrected chi connectivity index (χ2v) is 19.9. The van der Waals surface area contributed by atoms with Gasteiger partial charge in [0.25, 0.3) is 0 Å². The van der Waals surface area contributed by atoms with Gasteiger partial charge in [-0.25, -0.2) is 0 Å². The highest BCUT2D eigenvalue weighted by Gasteiger charge is 2.19. The van der Waals surface area contributed by atoms with Crippen molar-refractivity contribution in [3.8, 4) is 33.4 Å². The lowest BCUT2D eigenvalue weighted by atomic mass is 9.94. The molecule has 0 aliphatic heterocycles. The highest BCUT2D eigenvalue weighted by molar-refractivity contribution is 6.27. The standard InChI is InChI=1S/C76H52N2/c1-3-51-15-13-17-57(47-51)55-31-39-61(40-32-55)77(63-43-45-73-69-23-7-5-19-65(69)67-21-9-11-25-71(67)75(73)49-63)59-35-27-53(28-36-59)54-29-37-60(38-30-54)78(62-41-33-56(34-42-62)58-18-14-16-52(4-2)48-58)64-44-46-74-70-24-8-6-20-66(70)68-22-10-12-26-72(68)76(74)50-64/h3-50H,1-2H2/i1D2,2D2,3D,4D. The predicted octanol–water partition coefficient (Wildman–Crippen LogP) is 21.8. The highest BCUT2D eigenvalue weighted by atomic mass is 15.1. The molecule has 0 saturated heterocycles. The number of fused-ring (bicyclic) bond motifs is 12. The third kappa shape index (κ3) is 8.16. The van der Waals surface area contributed by atoms with Crippen LogP contribution in [0, 0.1) is 0 Å². The smallest absolute Gasteiger partial charge is 0.0623 e. The monoisotopic (exact) mass is 998 g/mol. The van der Waals surface area contributed by atoms with E-state index in [9.17, 15) is 0 Å². The highest BCUT2D eigenvalue weighted by Crippen LogP contribution is 2.44. The fourth-order valence-electron chi connectivity index (χ4n) is 11.7. The number of rotatable bonds is 11. The molecule has 0 spiro atoms. The molecule has 0 aromatic heterocycles. The summed E-state index contributed by atoms with van der Waals surface area (Å²) in [6.07, 6.45) is 0. The third-order valence-corrected chi connectivity index (χ3v) is 15.5. The molecule has 14 aromatic rings. The second kappa shape index (κ2) is 19.5. The van der Waals surface area contributed by atoms with Crippen LogP contribution in [0.25, 0.3) is 110 Å². The molecule has 0 aliphatic carbocycles. The van der Waals surface area contributed by atoms with E-state index in [-0.39, 0.29) is 12.1 Å². The van der Waals surface area contributed by atoms with Crippen LogP contribution < -0.4 is 9.80 Å². The van der Waals surface area contributed by atoms with Crippen LogP contribution in [0.2, 0.25) is 0 Å². The largest absolute Gasteiger partial charge is 0.310 e. The van der Waals surface area contributed by atoms with Crippen LogP contribution in [0.3, 0.4) is 0 Å². The number of nitrogens with zero attached hydrogens (tertiary/aromatic N) is 2. The van der Waals surface area contributed by atoms with Crippen molar-refractivity contribution in [2.75, 3.05) is 9.80 Å². The average molecular weight is 999 g/mol. The van der Waals surface area contributed by atoms with Gasteiger partial charge in [0.2, 0.25) is 0 Å². The van der Waals surface area contributed by atoms with Gasteiger partial charge >= 0.3 is 0 Å². The molecule has 78 heavy (non-hydrogen) atoms. The van der Waals surface area contributed by atoms with E-state index in [1.54, 1.807) is 12.1 Å². The predicted molar refractivity (Wildman–Crippen MR) is 337 cm³/mol. The van der Waals surface area contributed by atoms with Crippen LogP contribution in [0.1, 0.15) is 19.4 Å². The van der Waals surface area contributed by atoms with E-state index in [4.69, 9.17) is 8.22 Å². The Kier molecular flexibility index (Phi) is 10.00. The summed E-state index contributed by atoms with van der Waals surface area (Å²) in [5.74, 6) is 0. The lowest BCUT2D eigenvalue weighted by Gasteiger charge is -2.27. The molecular formula is C76H52N2. The summed E-state index contributed by atoms with van der Waals surface area (Å²) in [7, 11) is 0. The minimum atomic E-state index is -0.516. The van der Waals surface area contributed by atoms with Gasteiger partial charge in [-0.2, -0.15) is 0 Å². The molecule has 0 atom stereocenters. The maximum absolute atomic E-state index is 8.32. The van der Waals surface area contributed by atoms with Gasteiger partial charge in [-0.15, -0.1) is 0 Å². The van der Waals surface area contributed by atoms with Gasteiger partial charge in [0.1, 0.15) is 0 Å². The average Bonchev–Trinajstić information content (AvgIpc) is 3.61. The number of benzene rings is 14. The van der Waals surface area contributed by atoms with Crippen LogP contribution in [0.15, 0.2) is 292 Å². The number of anilines is 6. The summed E-state index contributed by atoms with van der Waals surface area (Å²) in [6, 6.07) is 97.4. The minimum absolute atomic E-state index is 0.113. The summed E-state index contributed by atoms with van der Waals surface area (Å²) in [5.41, 5.74) is 12.9. The van der Waals surface area contributed by atoms with Crippen LogP contribution in [0.5, 0.6) is 0 Å². The second-order valence-electron chi connectivity index (χ2n) is 19.9. The molecule has 2 nitrogen and oxygen atoms in total. The van der Waals surface area contributed by atoms with Gasteiger partial charge in [0, 0.05) is 34.1 Å². The van der Waals surface area contributed by atoms with E-state index < -0.39 is 13.1 Å². The Labute approximate surface area is 463 Å². The van der Waals surface area contributed by atoms with Crippen molar-refractivity contribution in [2.24, 2.45) is 0 Å². The topological polar surface area (TPSA) is 6.48 Å². The zero-order chi connectivity index (χ0) is 57.0. The van der Waals surface area contributed by atoms with E-state index >= 15 is 0 Å². The number of hydrogen-bond donors (Lipinski definition) is 0. The van der Waals surface area contributed by atoms with Gasteiger partial charge in [-0.1, -0.05) is 219 Å². The SMILES string of the molecule is [2H]C([2H])=C([2H])c1cccc(-c2ccc(N(c3ccc(-c4ccc(N(c5ccc(-c6cccc(C([2H])=C([2H])[2H])c6)cc5)c5ccc6c7ccccc7c7ccccc7c6c5)cc4)cc3)c3ccc4c5ccccc5c5ccccc5c4c3)cc2)c1. The van der Waals surface area contributed by atoms with Crippen molar-refractivity contribution in [1.29, 1.82) is 0 Å². The van der Waals surface area contributed by atoms with Crippen LogP contribution in [0.4, 0.5) is 34.1 Å². The first-order valence-corrected chi connectivity index (χ1v) is 26.3. The zero-order valence-corrected chi connectivity index (χ0v) is 42.5. The van der Waals surface area contributed by atoms with Gasteiger partial charge in [0.15, 0.2) is 0 Å². The molecule has 366 valence electrons. The number of hydrogen-bond acceptors (Lipinski definition) is 2. The van der Waals surface area contributed by atoms with Crippen molar-refractivity contribution < 1.29 is 8.22 Å². The lowest BCUT2D eigenvalue weighted by Crippen LogP contribution is -2.10. The van der Waals surface area contributed by atoms with Crippen LogP contribution in [-0.4, -0.2) is 0 Å². The molecule has 0 amide bonds. The van der Waals surface area contributed by atoms with Crippen LogP contribution >= 0.6 is 0 Å². The summed E-state index contributed by atoms with van der Waals surface area (Å²) in [6.45, 7) is -1.03. The van der Waals surface area contributed by atoms with Crippen LogP contribution in [-0.2, 0) is 0 Å². The molecule has 0 N–H and O–H groups in total. The molecule has 2 heteroatoms. The summed E-state index contributed by atoms with van der Waals surface area (Å²) in [4.78, 5) is 4.61. The minimum Gasteiger partial charge on any atom is -0.310 e. The Morgan fingerprint density at radius 3 is 0.782 bits per heavy atom. The third-order valence-electron chi connectivity index (χ3n) is 15.5. The van der Waals surface area contributed by atoms with E-state index in [0.29, 0.717) is 11.1 Å². The molecule has 14 rings (SSSR count). The van der Waals surface area contributed by atoms with Gasteiger partial charge in [-0.05, 0) is 194 Å². The molecule has 0 aliphatic rings. The van der Waals surface area contributed by atoms with E-state index in [2.05, 4.69) is 240 Å². The van der Waals surface area contributed by atoms with Crippen molar-refractivity contribution in [1.82, 2.24) is 0 Å². The quantitative estimate of drug-likeness (QED) is 0.119. The summed E-state index contributed by atoms with van der Waals surface area (Å²) in [5, 5.41) is 14.4. The Morgan fingerprint density at radius 2 is 0.487 bits per heavy atom. The first-order chi connectivity index (χ1) is 41.1. The van der Waals surface area contributed by atoms with Crippen molar-refractivity contribution in [2.45, 2.75) is 0 Å². The Hall–Kier alpha value is -10.3. The lowest BCUT2D eigenvalue weighted by molar-refractivity contribution is 1.28. The molecule has 0 heterocycles. The Balaban J connectivity index is 0.850. The fraction of sp³-hybridized carbons (Fsp3) is 0. The first kappa shape index (κ1) is 40.1. The van der Waals surface area contributed by atoms with E-state index in [0.717, 1.165) is 67.5 Å².